The van der Waals surface area contributed by atoms with Crippen LogP contribution in [0.15, 0.2) is 10.3 Å². The van der Waals surface area contributed by atoms with Gasteiger partial charge in [-0.25, -0.2) is 0 Å². The lowest BCUT2D eigenvalue weighted by Crippen LogP contribution is -2.47. The van der Waals surface area contributed by atoms with E-state index in [1.165, 1.54) is 0 Å². The molecule has 32 heavy (non-hydrogen) atoms. The maximum atomic E-state index is 11.9. The number of nitrogens with one attached hydrogen (secondary N) is 3. The second-order valence-electron chi connectivity index (χ2n) is 9.30. The lowest BCUT2D eigenvalue weighted by atomic mass is 9.94. The van der Waals surface area contributed by atoms with Gasteiger partial charge in [0.2, 0.25) is 5.91 Å². The molecule has 0 radical (unpaired) electrons. The first kappa shape index (κ1) is 29.8. The van der Waals surface area contributed by atoms with Crippen molar-refractivity contribution in [1.29, 1.82) is 0 Å². The van der Waals surface area contributed by atoms with Gasteiger partial charge in [0.15, 0.2) is 0 Å². The topological polar surface area (TPSA) is 156 Å². The zero-order valence-electron chi connectivity index (χ0n) is 20.5. The third-order valence-electron chi connectivity index (χ3n) is 6.02. The Hall–Kier alpha value is -2.20. The molecule has 0 aromatic rings. The molecule has 0 heterocycles. The normalized spacial score (nSPS) is 14.3. The average molecular weight is 458 g/mol. The summed E-state index contributed by atoms with van der Waals surface area (Å²) >= 11 is 0. The number of carbonyl (C=O) groups is 2. The second-order valence-corrected chi connectivity index (χ2v) is 9.30. The first-order valence-corrected chi connectivity index (χ1v) is 11.2. The molecule has 0 atom stereocenters. The Balaban J connectivity index is 4.71. The van der Waals surface area contributed by atoms with Gasteiger partial charge >= 0.3 is 5.97 Å². The largest absolute Gasteiger partial charge is 0.481 e. The van der Waals surface area contributed by atoms with Gasteiger partial charge in [0, 0.05) is 19.4 Å². The van der Waals surface area contributed by atoms with Crippen LogP contribution >= 0.6 is 0 Å². The molecular weight excluding hydrogens is 414 g/mol. The van der Waals surface area contributed by atoms with E-state index in [0.29, 0.717) is 30.3 Å². The molecule has 0 aliphatic heterocycles. The van der Waals surface area contributed by atoms with E-state index in [9.17, 15) is 9.59 Å². The van der Waals surface area contributed by atoms with Gasteiger partial charge in [0.1, 0.15) is 0 Å². The molecule has 0 bridgehead atoms. The molecule has 1 amide bonds. The summed E-state index contributed by atoms with van der Waals surface area (Å²) in [6.07, 6.45) is 3.06. The molecule has 0 saturated heterocycles. The number of carbonyl (C=O) groups excluding carboxylic acids is 1. The van der Waals surface area contributed by atoms with Gasteiger partial charge in [-0.3, -0.25) is 9.59 Å². The molecule has 6 N–H and O–H groups in total. The van der Waals surface area contributed by atoms with Crippen LogP contribution in [0.1, 0.15) is 80.1 Å². The lowest BCUT2D eigenvalue weighted by molar-refractivity contribution is -0.137. The third kappa shape index (κ3) is 12.6. The summed E-state index contributed by atoms with van der Waals surface area (Å²) in [4.78, 5) is 22.5. The molecule has 0 aromatic heterocycles. The Labute approximate surface area is 191 Å². The van der Waals surface area contributed by atoms with E-state index in [1.807, 2.05) is 27.7 Å². The van der Waals surface area contributed by atoms with E-state index in [-0.39, 0.29) is 18.7 Å². The van der Waals surface area contributed by atoms with Gasteiger partial charge < -0.3 is 31.5 Å². The van der Waals surface area contributed by atoms with Crippen molar-refractivity contribution >= 4 is 23.3 Å². The molecule has 0 spiro atoms. The van der Waals surface area contributed by atoms with Crippen LogP contribution in [0, 0.1) is 5.92 Å². The van der Waals surface area contributed by atoms with Gasteiger partial charge in [-0.05, 0) is 86.2 Å². The van der Waals surface area contributed by atoms with E-state index >= 15 is 0 Å². The number of oxime groups is 2. The van der Waals surface area contributed by atoms with Crippen LogP contribution in [0.3, 0.4) is 0 Å². The highest BCUT2D eigenvalue weighted by Crippen LogP contribution is 2.15. The Kier molecular flexibility index (Phi) is 13.8. The first-order chi connectivity index (χ1) is 14.9. The van der Waals surface area contributed by atoms with Gasteiger partial charge in [0.05, 0.1) is 22.5 Å². The van der Waals surface area contributed by atoms with Crippen molar-refractivity contribution in [2.45, 2.75) is 91.1 Å². The molecule has 10 heteroatoms. The predicted molar refractivity (Wildman–Crippen MR) is 126 cm³/mol. The van der Waals surface area contributed by atoms with Crippen LogP contribution in [0.25, 0.3) is 0 Å². The van der Waals surface area contributed by atoms with Crippen molar-refractivity contribution < 1.29 is 25.1 Å². The van der Waals surface area contributed by atoms with Crippen molar-refractivity contribution in [3.05, 3.63) is 0 Å². The average Bonchev–Trinajstić information content (AvgIpc) is 2.71. The summed E-state index contributed by atoms with van der Waals surface area (Å²) in [5.41, 5.74) is 0.355. The molecule has 0 unspecified atom stereocenters. The number of rotatable bonds is 17. The zero-order valence-corrected chi connectivity index (χ0v) is 20.5. The highest BCUT2D eigenvalue weighted by molar-refractivity contribution is 5.90. The van der Waals surface area contributed by atoms with Crippen LogP contribution in [-0.4, -0.2) is 69.5 Å². The zero-order chi connectivity index (χ0) is 24.8. The summed E-state index contributed by atoms with van der Waals surface area (Å²) in [5, 5.41) is 43.0. The summed E-state index contributed by atoms with van der Waals surface area (Å²) in [5.74, 6) is -0.710. The van der Waals surface area contributed by atoms with E-state index in [4.69, 9.17) is 15.5 Å². The SMILES string of the molecule is C/C(=N/O)C(C)(C)NCCC(CCNC(=O)CCCC(=O)O)CCNC(C)(C)/C(C)=N\O. The van der Waals surface area contributed by atoms with Gasteiger partial charge in [-0.1, -0.05) is 10.3 Å². The Morgan fingerprint density at radius 3 is 1.66 bits per heavy atom. The summed E-state index contributed by atoms with van der Waals surface area (Å²) in [6, 6.07) is 0. The van der Waals surface area contributed by atoms with Gasteiger partial charge in [0.25, 0.3) is 0 Å². The maximum absolute atomic E-state index is 11.9. The first-order valence-electron chi connectivity index (χ1n) is 11.2. The highest BCUT2D eigenvalue weighted by Gasteiger charge is 2.23. The molecule has 0 aromatic carbocycles. The monoisotopic (exact) mass is 457 g/mol. The fourth-order valence-corrected chi connectivity index (χ4v) is 3.02. The smallest absolute Gasteiger partial charge is 0.303 e. The summed E-state index contributed by atoms with van der Waals surface area (Å²) in [6.45, 7) is 13.3. The standard InChI is InChI=1S/C22H43N5O5/c1-16(26-31)21(3,4)24-14-11-18(12-15-25-22(5,6)17(2)27-32)10-13-23-19(28)8-7-9-20(29)30/h18,24-25,31-32H,7-15H2,1-6H3,(H,23,28)(H,29,30)/b26-16-,27-17-. The van der Waals surface area contributed by atoms with E-state index in [1.54, 1.807) is 13.8 Å². The Morgan fingerprint density at radius 1 is 0.812 bits per heavy atom. The van der Waals surface area contributed by atoms with E-state index in [0.717, 1.165) is 32.4 Å². The number of hydrogen-bond donors (Lipinski definition) is 6. The minimum absolute atomic E-state index is 0.00786. The molecule has 0 aliphatic rings. The molecule has 10 nitrogen and oxygen atoms in total. The lowest BCUT2D eigenvalue weighted by Gasteiger charge is -2.28. The minimum atomic E-state index is -0.897. The van der Waals surface area contributed by atoms with Crippen molar-refractivity contribution in [3.8, 4) is 0 Å². The molecule has 0 saturated carbocycles. The number of nitrogens with zero attached hydrogens (tertiary/aromatic N) is 2. The molecule has 0 aliphatic carbocycles. The number of aliphatic carboxylic acids is 1. The van der Waals surface area contributed by atoms with Crippen molar-refractivity contribution in [2.75, 3.05) is 19.6 Å². The van der Waals surface area contributed by atoms with Crippen LogP contribution < -0.4 is 16.0 Å². The minimum Gasteiger partial charge on any atom is -0.481 e. The highest BCUT2D eigenvalue weighted by atomic mass is 16.4. The summed E-state index contributed by atoms with van der Waals surface area (Å²) in [7, 11) is 0. The van der Waals surface area contributed by atoms with E-state index in [2.05, 4.69) is 26.3 Å². The van der Waals surface area contributed by atoms with Gasteiger partial charge in [-0.2, -0.15) is 0 Å². The molecule has 0 rings (SSSR count). The second kappa shape index (κ2) is 14.8. The van der Waals surface area contributed by atoms with Crippen LogP contribution in [0.2, 0.25) is 0 Å². The summed E-state index contributed by atoms with van der Waals surface area (Å²) < 4.78 is 0. The fourth-order valence-electron chi connectivity index (χ4n) is 3.02. The molecule has 186 valence electrons. The fraction of sp³-hybridized carbons (Fsp3) is 0.818. The van der Waals surface area contributed by atoms with Crippen LogP contribution in [0.4, 0.5) is 0 Å². The number of carboxylic acids is 1. The Morgan fingerprint density at radius 2 is 1.25 bits per heavy atom. The number of amides is 1. The van der Waals surface area contributed by atoms with Crippen molar-refractivity contribution in [1.82, 2.24) is 16.0 Å². The van der Waals surface area contributed by atoms with Crippen molar-refractivity contribution in [2.24, 2.45) is 16.2 Å². The number of hydrogen-bond acceptors (Lipinski definition) is 8. The maximum Gasteiger partial charge on any atom is 0.303 e. The molecule has 0 fully saturated rings. The van der Waals surface area contributed by atoms with Crippen LogP contribution in [0.5, 0.6) is 0 Å². The van der Waals surface area contributed by atoms with Gasteiger partial charge in [-0.15, -0.1) is 0 Å². The predicted octanol–water partition coefficient (Wildman–Crippen LogP) is 2.58. The number of carboxylic acid groups (broad SMARTS) is 1. The van der Waals surface area contributed by atoms with Crippen molar-refractivity contribution in [3.63, 3.8) is 0 Å². The molecular formula is C22H43N5O5. The quantitative estimate of drug-likeness (QED) is 0.111. The third-order valence-corrected chi connectivity index (χ3v) is 6.02. The van der Waals surface area contributed by atoms with E-state index < -0.39 is 17.0 Å². The van der Waals surface area contributed by atoms with Crippen LogP contribution in [-0.2, 0) is 9.59 Å². The Bertz CT molecular complexity index is 611.